The van der Waals surface area contributed by atoms with Crippen LogP contribution in [0.2, 0.25) is 0 Å². The van der Waals surface area contributed by atoms with Gasteiger partial charge in [0.15, 0.2) is 11.6 Å². The van der Waals surface area contributed by atoms with Gasteiger partial charge in [0.05, 0.1) is 18.1 Å². The molecular weight excluding hydrogens is 253 g/mol. The number of nitrogens with zero attached hydrogens (tertiary/aromatic N) is 2. The molecule has 2 N–H and O–H groups in total. The summed E-state index contributed by atoms with van der Waals surface area (Å²) in [4.78, 5) is 12.3. The fourth-order valence-electron chi connectivity index (χ4n) is 2.33. The van der Waals surface area contributed by atoms with E-state index in [0.717, 1.165) is 12.5 Å². The van der Waals surface area contributed by atoms with Crippen LogP contribution in [0, 0.1) is 21.8 Å². The summed E-state index contributed by atoms with van der Waals surface area (Å²) in [5, 5.41) is 11.0. The Labute approximate surface area is 110 Å². The van der Waals surface area contributed by atoms with Gasteiger partial charge in [0.1, 0.15) is 5.69 Å². The normalized spacial score (nSPS) is 18.7. The van der Waals surface area contributed by atoms with Crippen molar-refractivity contribution in [2.75, 3.05) is 31.6 Å². The molecule has 1 fully saturated rings. The van der Waals surface area contributed by atoms with Gasteiger partial charge in [-0.3, -0.25) is 10.1 Å². The second kappa shape index (κ2) is 5.40. The minimum absolute atomic E-state index is 0.0109. The van der Waals surface area contributed by atoms with Crippen LogP contribution in [0.1, 0.15) is 6.42 Å². The van der Waals surface area contributed by atoms with Crippen LogP contribution in [0.5, 0.6) is 5.75 Å². The maximum absolute atomic E-state index is 13.6. The third-order valence-corrected chi connectivity index (χ3v) is 3.41. The van der Waals surface area contributed by atoms with Crippen LogP contribution in [0.4, 0.5) is 15.8 Å². The van der Waals surface area contributed by atoms with E-state index >= 15 is 0 Å². The van der Waals surface area contributed by atoms with Crippen LogP contribution < -0.4 is 15.4 Å². The molecule has 0 amide bonds. The van der Waals surface area contributed by atoms with E-state index in [1.165, 1.54) is 13.2 Å². The van der Waals surface area contributed by atoms with E-state index in [-0.39, 0.29) is 11.4 Å². The number of benzene rings is 1. The van der Waals surface area contributed by atoms with Gasteiger partial charge in [0.25, 0.3) is 5.69 Å². The largest absolute Gasteiger partial charge is 0.494 e. The average Bonchev–Trinajstić information content (AvgIpc) is 2.87. The number of ether oxygens (including phenoxy) is 1. The second-order valence-corrected chi connectivity index (χ2v) is 4.57. The van der Waals surface area contributed by atoms with Gasteiger partial charge in [0.2, 0.25) is 0 Å². The summed E-state index contributed by atoms with van der Waals surface area (Å²) in [5.41, 5.74) is 5.76. The molecule has 0 aliphatic carbocycles. The van der Waals surface area contributed by atoms with Crippen LogP contribution in [0.3, 0.4) is 0 Å². The summed E-state index contributed by atoms with van der Waals surface area (Å²) < 4.78 is 18.4. The van der Waals surface area contributed by atoms with Gasteiger partial charge in [-0.05, 0) is 18.9 Å². The summed E-state index contributed by atoms with van der Waals surface area (Å²) in [6.07, 6.45) is 0.882. The van der Waals surface area contributed by atoms with Crippen LogP contribution in [0.15, 0.2) is 12.1 Å². The lowest BCUT2D eigenvalue weighted by Crippen LogP contribution is -2.23. The molecule has 7 heteroatoms. The van der Waals surface area contributed by atoms with Gasteiger partial charge < -0.3 is 15.4 Å². The predicted molar refractivity (Wildman–Crippen MR) is 69.0 cm³/mol. The summed E-state index contributed by atoms with van der Waals surface area (Å²) in [6, 6.07) is 2.29. The Balaban J connectivity index is 2.40. The zero-order valence-electron chi connectivity index (χ0n) is 10.6. The number of nitrogens with two attached hydrogens (primary N) is 1. The van der Waals surface area contributed by atoms with E-state index in [1.54, 1.807) is 0 Å². The number of halogens is 1. The number of anilines is 1. The SMILES string of the molecule is COc1cc(N2CCC(CN)C2)c([N+](=O)[O-])cc1F. The van der Waals surface area contributed by atoms with Crippen molar-refractivity contribution in [1.29, 1.82) is 0 Å². The molecule has 1 atom stereocenters. The Hall–Kier alpha value is -1.89. The Morgan fingerprint density at radius 2 is 2.37 bits per heavy atom. The number of nitro benzene ring substituents is 1. The third-order valence-electron chi connectivity index (χ3n) is 3.41. The van der Waals surface area contributed by atoms with E-state index < -0.39 is 10.7 Å². The molecule has 0 bridgehead atoms. The molecule has 19 heavy (non-hydrogen) atoms. The molecule has 0 radical (unpaired) electrons. The second-order valence-electron chi connectivity index (χ2n) is 4.57. The molecule has 1 unspecified atom stereocenters. The summed E-state index contributed by atoms with van der Waals surface area (Å²) in [5.74, 6) is -0.403. The Kier molecular flexibility index (Phi) is 3.84. The zero-order chi connectivity index (χ0) is 14.0. The minimum atomic E-state index is -0.729. The molecule has 1 aliphatic rings. The first-order chi connectivity index (χ1) is 9.06. The molecule has 1 aromatic rings. The zero-order valence-corrected chi connectivity index (χ0v) is 10.6. The monoisotopic (exact) mass is 269 g/mol. The predicted octanol–water partition coefficient (Wildman–Crippen LogP) is 1.53. The highest BCUT2D eigenvalue weighted by Gasteiger charge is 2.28. The molecular formula is C12H16FN3O3. The van der Waals surface area contributed by atoms with Gasteiger partial charge in [0, 0.05) is 19.2 Å². The molecule has 1 aromatic carbocycles. The lowest BCUT2D eigenvalue weighted by molar-refractivity contribution is -0.384. The highest BCUT2D eigenvalue weighted by molar-refractivity contribution is 5.66. The van der Waals surface area contributed by atoms with Gasteiger partial charge in [-0.15, -0.1) is 0 Å². The molecule has 0 saturated carbocycles. The fourth-order valence-corrected chi connectivity index (χ4v) is 2.33. The van der Waals surface area contributed by atoms with Crippen molar-refractivity contribution in [1.82, 2.24) is 0 Å². The van der Waals surface area contributed by atoms with Crippen molar-refractivity contribution < 1.29 is 14.1 Å². The highest BCUT2D eigenvalue weighted by atomic mass is 19.1. The summed E-state index contributed by atoms with van der Waals surface area (Å²) in [7, 11) is 1.33. The van der Waals surface area contributed by atoms with E-state index in [0.29, 0.717) is 31.2 Å². The van der Waals surface area contributed by atoms with Gasteiger partial charge in [-0.25, -0.2) is 4.39 Å². The summed E-state index contributed by atoms with van der Waals surface area (Å²) in [6.45, 7) is 1.87. The van der Waals surface area contributed by atoms with Crippen LogP contribution in [-0.4, -0.2) is 31.7 Å². The molecule has 0 aromatic heterocycles. The van der Waals surface area contributed by atoms with E-state index in [1.807, 2.05) is 4.90 Å². The van der Waals surface area contributed by atoms with Gasteiger partial charge in [-0.1, -0.05) is 0 Å². The molecule has 1 aliphatic heterocycles. The van der Waals surface area contributed by atoms with E-state index in [4.69, 9.17) is 10.5 Å². The van der Waals surface area contributed by atoms with Crippen molar-refractivity contribution in [2.45, 2.75) is 6.42 Å². The first-order valence-corrected chi connectivity index (χ1v) is 6.03. The van der Waals surface area contributed by atoms with Crippen molar-refractivity contribution >= 4 is 11.4 Å². The highest BCUT2D eigenvalue weighted by Crippen LogP contribution is 2.36. The number of hydrogen-bond donors (Lipinski definition) is 1. The average molecular weight is 269 g/mol. The molecule has 2 rings (SSSR count). The molecule has 104 valence electrons. The van der Waals surface area contributed by atoms with Crippen LogP contribution in [0.25, 0.3) is 0 Å². The topological polar surface area (TPSA) is 81.6 Å². The Morgan fingerprint density at radius 3 is 2.89 bits per heavy atom. The number of nitro groups is 1. The first kappa shape index (κ1) is 13.5. The smallest absolute Gasteiger partial charge is 0.295 e. The van der Waals surface area contributed by atoms with E-state index in [9.17, 15) is 14.5 Å². The number of rotatable bonds is 4. The minimum Gasteiger partial charge on any atom is -0.494 e. The number of methoxy groups -OCH3 is 1. The van der Waals surface area contributed by atoms with Crippen molar-refractivity contribution in [3.8, 4) is 5.75 Å². The maximum atomic E-state index is 13.6. The van der Waals surface area contributed by atoms with Crippen LogP contribution >= 0.6 is 0 Å². The van der Waals surface area contributed by atoms with Gasteiger partial charge in [-0.2, -0.15) is 0 Å². The quantitative estimate of drug-likeness (QED) is 0.662. The lowest BCUT2D eigenvalue weighted by atomic mass is 10.1. The van der Waals surface area contributed by atoms with E-state index in [2.05, 4.69) is 0 Å². The summed E-state index contributed by atoms with van der Waals surface area (Å²) >= 11 is 0. The lowest BCUT2D eigenvalue weighted by Gasteiger charge is -2.19. The Bertz CT molecular complexity index is 495. The maximum Gasteiger partial charge on any atom is 0.295 e. The molecule has 0 spiro atoms. The standard InChI is InChI=1S/C12H16FN3O3/c1-19-12-5-10(11(16(17)18)4-9(12)13)15-3-2-8(6-14)7-15/h4-5,8H,2-3,6-7,14H2,1H3. The van der Waals surface area contributed by atoms with Crippen molar-refractivity contribution in [3.05, 3.63) is 28.1 Å². The molecule has 1 heterocycles. The number of hydrogen-bond acceptors (Lipinski definition) is 5. The molecule has 6 nitrogen and oxygen atoms in total. The Morgan fingerprint density at radius 1 is 1.63 bits per heavy atom. The van der Waals surface area contributed by atoms with Gasteiger partial charge >= 0.3 is 0 Å². The third kappa shape index (κ3) is 2.60. The van der Waals surface area contributed by atoms with Crippen molar-refractivity contribution in [3.63, 3.8) is 0 Å². The first-order valence-electron chi connectivity index (χ1n) is 6.03. The van der Waals surface area contributed by atoms with Crippen LogP contribution in [-0.2, 0) is 0 Å². The van der Waals surface area contributed by atoms with Crippen molar-refractivity contribution in [2.24, 2.45) is 11.7 Å². The fraction of sp³-hybridized carbons (Fsp3) is 0.500. The molecule has 1 saturated heterocycles.